The van der Waals surface area contributed by atoms with Gasteiger partial charge in [0.1, 0.15) is 5.82 Å². The molecule has 0 fully saturated rings. The lowest BCUT2D eigenvalue weighted by atomic mass is 10.1. The van der Waals surface area contributed by atoms with Crippen LogP contribution in [0.5, 0.6) is 0 Å². The Kier molecular flexibility index (Phi) is 5.33. The molecule has 21 heavy (non-hydrogen) atoms. The second-order valence-electron chi connectivity index (χ2n) is 5.02. The molecule has 0 spiro atoms. The molecule has 0 aliphatic carbocycles. The molecule has 0 aliphatic rings. The van der Waals surface area contributed by atoms with Gasteiger partial charge in [-0.1, -0.05) is 0 Å². The van der Waals surface area contributed by atoms with Gasteiger partial charge in [-0.3, -0.25) is 4.79 Å². The summed E-state index contributed by atoms with van der Waals surface area (Å²) >= 11 is 1.77. The van der Waals surface area contributed by atoms with Crippen LogP contribution in [0, 0.1) is 6.92 Å². The maximum Gasteiger partial charge on any atom is 0.255 e. The van der Waals surface area contributed by atoms with Crippen LogP contribution in [0.1, 0.15) is 34.0 Å². The molecule has 2 N–H and O–H groups in total. The second-order valence-corrected chi connectivity index (χ2v) is 6.39. The highest BCUT2D eigenvalue weighted by atomic mass is 32.1. The Balaban J connectivity index is 2.00. The van der Waals surface area contributed by atoms with Crippen molar-refractivity contribution in [2.75, 3.05) is 11.9 Å². The average molecular weight is 303 g/mol. The van der Waals surface area contributed by atoms with E-state index < -0.39 is 0 Å². The van der Waals surface area contributed by atoms with Crippen molar-refractivity contribution < 1.29 is 4.79 Å². The first-order chi connectivity index (χ1) is 10.1. The fourth-order valence-corrected chi connectivity index (χ4v) is 3.17. The Morgan fingerprint density at radius 1 is 1.38 bits per heavy atom. The number of thiophene rings is 1. The van der Waals surface area contributed by atoms with E-state index in [1.165, 1.54) is 9.75 Å². The van der Waals surface area contributed by atoms with Crippen LogP contribution in [0.2, 0.25) is 0 Å². The van der Waals surface area contributed by atoms with Gasteiger partial charge in [0, 0.05) is 35.0 Å². The number of carbonyl (C=O) groups is 1. The lowest BCUT2D eigenvalue weighted by Gasteiger charge is -2.15. The molecule has 1 amide bonds. The molecular weight excluding hydrogens is 282 g/mol. The summed E-state index contributed by atoms with van der Waals surface area (Å²) < 4.78 is 0. The van der Waals surface area contributed by atoms with Crippen LogP contribution >= 0.6 is 11.3 Å². The van der Waals surface area contributed by atoms with E-state index in [1.54, 1.807) is 29.7 Å². The van der Waals surface area contributed by atoms with E-state index in [9.17, 15) is 4.79 Å². The Hall–Kier alpha value is -1.88. The predicted octanol–water partition coefficient (Wildman–Crippen LogP) is 3.24. The number of amides is 1. The number of nitrogens with one attached hydrogen (secondary N) is 2. The van der Waals surface area contributed by atoms with Gasteiger partial charge in [-0.15, -0.1) is 11.3 Å². The van der Waals surface area contributed by atoms with Gasteiger partial charge in [0.05, 0.1) is 5.56 Å². The smallest absolute Gasteiger partial charge is 0.255 e. The van der Waals surface area contributed by atoms with Crippen LogP contribution < -0.4 is 10.6 Å². The first kappa shape index (κ1) is 15.5. The quantitative estimate of drug-likeness (QED) is 0.861. The molecule has 0 saturated carbocycles. The molecule has 0 bridgehead atoms. The number of aryl methyl sites for hydroxylation is 1. The van der Waals surface area contributed by atoms with Crippen LogP contribution in [0.4, 0.5) is 5.82 Å². The lowest BCUT2D eigenvalue weighted by molar-refractivity contribution is 0.0940. The van der Waals surface area contributed by atoms with Crippen molar-refractivity contribution in [1.29, 1.82) is 0 Å². The Bertz CT molecular complexity index is 609. The Morgan fingerprint density at radius 3 is 2.86 bits per heavy atom. The molecule has 0 aliphatic heterocycles. The fourth-order valence-electron chi connectivity index (χ4n) is 2.15. The van der Waals surface area contributed by atoms with E-state index in [0.29, 0.717) is 11.4 Å². The molecule has 1 atom stereocenters. The highest BCUT2D eigenvalue weighted by Gasteiger charge is 2.14. The predicted molar refractivity (Wildman–Crippen MR) is 88.1 cm³/mol. The summed E-state index contributed by atoms with van der Waals surface area (Å²) in [7, 11) is 0. The van der Waals surface area contributed by atoms with E-state index in [0.717, 1.165) is 13.0 Å². The Morgan fingerprint density at radius 2 is 2.19 bits per heavy atom. The number of nitrogens with zero attached hydrogens (tertiary/aromatic N) is 1. The van der Waals surface area contributed by atoms with Crippen molar-refractivity contribution in [2.24, 2.45) is 0 Å². The third-order valence-corrected chi connectivity index (χ3v) is 4.10. The largest absolute Gasteiger partial charge is 0.370 e. The van der Waals surface area contributed by atoms with Gasteiger partial charge in [-0.05, 0) is 45.0 Å². The Labute approximate surface area is 129 Å². The number of hydrogen-bond acceptors (Lipinski definition) is 4. The maximum atomic E-state index is 12.4. The molecule has 112 valence electrons. The summed E-state index contributed by atoms with van der Waals surface area (Å²) in [4.78, 5) is 19.2. The summed E-state index contributed by atoms with van der Waals surface area (Å²) in [5.74, 6) is 0.552. The van der Waals surface area contributed by atoms with E-state index in [2.05, 4.69) is 34.7 Å². The minimum absolute atomic E-state index is 0.0835. The number of carbonyl (C=O) groups excluding carboxylic acids is 1. The molecule has 2 rings (SSSR count). The van der Waals surface area contributed by atoms with Crippen molar-refractivity contribution in [3.63, 3.8) is 0 Å². The van der Waals surface area contributed by atoms with Crippen LogP contribution in [-0.2, 0) is 6.42 Å². The van der Waals surface area contributed by atoms with Gasteiger partial charge in [0.15, 0.2) is 0 Å². The monoisotopic (exact) mass is 303 g/mol. The van der Waals surface area contributed by atoms with Crippen LogP contribution in [-0.4, -0.2) is 23.5 Å². The lowest BCUT2D eigenvalue weighted by Crippen LogP contribution is -2.34. The number of anilines is 1. The molecule has 4 nitrogen and oxygen atoms in total. The van der Waals surface area contributed by atoms with Gasteiger partial charge < -0.3 is 10.6 Å². The zero-order valence-corrected chi connectivity index (χ0v) is 13.5. The molecule has 5 heteroatoms. The summed E-state index contributed by atoms with van der Waals surface area (Å²) in [5.41, 5.74) is 0.591. The molecule has 2 aromatic heterocycles. The van der Waals surface area contributed by atoms with E-state index in [1.807, 2.05) is 13.8 Å². The topological polar surface area (TPSA) is 54.0 Å². The fraction of sp³-hybridized carbons (Fsp3) is 0.375. The zero-order chi connectivity index (χ0) is 15.2. The highest BCUT2D eigenvalue weighted by molar-refractivity contribution is 7.11. The van der Waals surface area contributed by atoms with Gasteiger partial charge in [0.2, 0.25) is 0 Å². The van der Waals surface area contributed by atoms with Crippen LogP contribution in [0.15, 0.2) is 30.5 Å². The summed E-state index contributed by atoms with van der Waals surface area (Å²) in [6.07, 6.45) is 2.54. The van der Waals surface area contributed by atoms with Crippen molar-refractivity contribution in [2.45, 2.75) is 33.2 Å². The highest BCUT2D eigenvalue weighted by Crippen LogP contribution is 2.17. The van der Waals surface area contributed by atoms with Gasteiger partial charge >= 0.3 is 0 Å². The maximum absolute atomic E-state index is 12.4. The van der Waals surface area contributed by atoms with E-state index >= 15 is 0 Å². The number of aromatic nitrogens is 1. The second kappa shape index (κ2) is 7.22. The van der Waals surface area contributed by atoms with Gasteiger partial charge in [0.25, 0.3) is 5.91 Å². The molecule has 0 aromatic carbocycles. The number of hydrogen-bond donors (Lipinski definition) is 2. The molecule has 1 unspecified atom stereocenters. The third kappa shape index (κ3) is 4.29. The minimum Gasteiger partial charge on any atom is -0.370 e. The summed E-state index contributed by atoms with van der Waals surface area (Å²) in [6, 6.07) is 7.89. The third-order valence-electron chi connectivity index (χ3n) is 3.08. The first-order valence-corrected chi connectivity index (χ1v) is 7.97. The molecule has 0 radical (unpaired) electrons. The summed E-state index contributed by atoms with van der Waals surface area (Å²) in [6.45, 7) is 6.84. The van der Waals surface area contributed by atoms with Gasteiger partial charge in [-0.25, -0.2) is 4.98 Å². The zero-order valence-electron chi connectivity index (χ0n) is 12.6. The normalized spacial score (nSPS) is 12.0. The van der Waals surface area contributed by atoms with Crippen molar-refractivity contribution in [1.82, 2.24) is 10.3 Å². The van der Waals surface area contributed by atoms with Crippen LogP contribution in [0.25, 0.3) is 0 Å². The van der Waals surface area contributed by atoms with Crippen molar-refractivity contribution in [3.8, 4) is 0 Å². The number of rotatable bonds is 6. The van der Waals surface area contributed by atoms with Crippen molar-refractivity contribution >= 4 is 23.1 Å². The SMILES string of the molecule is CCNc1ncccc1C(=O)NC(C)Cc1ccc(C)s1. The van der Waals surface area contributed by atoms with Gasteiger partial charge in [-0.2, -0.15) is 0 Å². The van der Waals surface area contributed by atoms with E-state index in [4.69, 9.17) is 0 Å². The van der Waals surface area contributed by atoms with Crippen molar-refractivity contribution in [3.05, 3.63) is 45.8 Å². The minimum atomic E-state index is -0.0835. The number of pyridine rings is 1. The first-order valence-electron chi connectivity index (χ1n) is 7.15. The average Bonchev–Trinajstić information content (AvgIpc) is 2.84. The molecular formula is C16H21N3OS. The van der Waals surface area contributed by atoms with Crippen LogP contribution in [0.3, 0.4) is 0 Å². The molecule has 0 saturated heterocycles. The summed E-state index contributed by atoms with van der Waals surface area (Å²) in [5, 5.41) is 6.15. The standard InChI is InChI=1S/C16H21N3OS/c1-4-17-15-14(6-5-9-18-15)16(20)19-11(2)10-13-8-7-12(3)21-13/h5-9,11H,4,10H2,1-3H3,(H,17,18)(H,19,20). The van der Waals surface area contributed by atoms with E-state index in [-0.39, 0.29) is 11.9 Å². The molecule has 2 aromatic rings. The molecule has 2 heterocycles.